The molecule has 1 aliphatic heterocycles. The van der Waals surface area contributed by atoms with Crippen LogP contribution >= 0.6 is 11.8 Å². The summed E-state index contributed by atoms with van der Waals surface area (Å²) in [5, 5.41) is -0.466. The number of nitrogens with zero attached hydrogens (tertiary/aromatic N) is 1. The summed E-state index contributed by atoms with van der Waals surface area (Å²) in [5.41, 5.74) is 0. The third kappa shape index (κ3) is 3.46. The zero-order valence-electron chi connectivity index (χ0n) is 9.81. The minimum atomic E-state index is -3.07. The van der Waals surface area contributed by atoms with Crippen LogP contribution in [0.3, 0.4) is 0 Å². The number of carbonyl (C=O) groups is 1. The second-order valence-corrected chi connectivity index (χ2v) is 7.44. The molecule has 1 atom stereocenters. The van der Waals surface area contributed by atoms with Crippen molar-refractivity contribution >= 4 is 27.4 Å². The van der Waals surface area contributed by atoms with Crippen molar-refractivity contribution in [2.24, 2.45) is 0 Å². The van der Waals surface area contributed by atoms with Crippen LogP contribution < -0.4 is 0 Å². The molecule has 0 aromatic carbocycles. The molecule has 1 rings (SSSR count). The molecule has 1 aliphatic rings. The summed E-state index contributed by atoms with van der Waals surface area (Å²) in [4.78, 5) is 13.2. The molecule has 0 N–H and O–H groups in total. The highest BCUT2D eigenvalue weighted by molar-refractivity contribution is 8.01. The van der Waals surface area contributed by atoms with Crippen molar-refractivity contribution in [1.29, 1.82) is 0 Å². The van der Waals surface area contributed by atoms with Crippen molar-refractivity contribution < 1.29 is 13.2 Å². The van der Waals surface area contributed by atoms with Crippen LogP contribution in [0.5, 0.6) is 0 Å². The Morgan fingerprint density at radius 3 is 2.69 bits per heavy atom. The van der Waals surface area contributed by atoms with Crippen LogP contribution in [0.25, 0.3) is 0 Å². The molecule has 1 fully saturated rings. The van der Waals surface area contributed by atoms with Gasteiger partial charge >= 0.3 is 0 Å². The van der Waals surface area contributed by atoms with Gasteiger partial charge in [-0.05, 0) is 0 Å². The molecule has 94 valence electrons. The molecule has 0 aromatic rings. The Kier molecular flexibility index (Phi) is 5.27. The van der Waals surface area contributed by atoms with E-state index in [-0.39, 0.29) is 18.1 Å². The fraction of sp³-hybridized carbons (Fsp3) is 0.900. The lowest BCUT2D eigenvalue weighted by atomic mass is 10.3. The summed E-state index contributed by atoms with van der Waals surface area (Å²) in [6, 6.07) is 0. The minimum absolute atomic E-state index is 0.114. The summed E-state index contributed by atoms with van der Waals surface area (Å²) in [5.74, 6) is 1.76. The van der Waals surface area contributed by atoms with Crippen molar-refractivity contribution in [2.75, 3.05) is 30.3 Å². The van der Waals surface area contributed by atoms with E-state index >= 15 is 0 Å². The van der Waals surface area contributed by atoms with E-state index in [0.717, 1.165) is 5.75 Å². The van der Waals surface area contributed by atoms with Gasteiger partial charge in [-0.1, -0.05) is 13.8 Å². The average molecular weight is 265 g/mol. The number of ketones is 1. The average Bonchev–Trinajstić information content (AvgIpc) is 2.29. The molecule has 0 aromatic heterocycles. The van der Waals surface area contributed by atoms with Crippen molar-refractivity contribution in [1.82, 2.24) is 4.90 Å². The van der Waals surface area contributed by atoms with Gasteiger partial charge < -0.3 is 0 Å². The molecule has 0 aliphatic carbocycles. The Hall–Kier alpha value is -0.0700. The third-order valence-electron chi connectivity index (χ3n) is 2.78. The van der Waals surface area contributed by atoms with Crippen LogP contribution in [0, 0.1) is 0 Å². The van der Waals surface area contributed by atoms with Gasteiger partial charge in [0.15, 0.2) is 9.84 Å². The molecule has 1 heterocycles. The Morgan fingerprint density at radius 1 is 1.44 bits per heavy atom. The predicted molar refractivity (Wildman–Crippen MR) is 67.4 cm³/mol. The smallest absolute Gasteiger partial charge is 0.166 e. The molecule has 4 nitrogen and oxygen atoms in total. The molecule has 16 heavy (non-hydrogen) atoms. The maximum Gasteiger partial charge on any atom is 0.166 e. The van der Waals surface area contributed by atoms with E-state index in [1.807, 2.05) is 11.8 Å². The van der Waals surface area contributed by atoms with Crippen molar-refractivity contribution in [3.8, 4) is 0 Å². The van der Waals surface area contributed by atoms with E-state index < -0.39 is 15.2 Å². The van der Waals surface area contributed by atoms with Crippen LogP contribution in [0.1, 0.15) is 20.3 Å². The molecule has 0 bridgehead atoms. The first-order chi connectivity index (χ1) is 7.51. The lowest BCUT2D eigenvalue weighted by molar-refractivity contribution is -0.120. The zero-order chi connectivity index (χ0) is 12.2. The predicted octanol–water partition coefficient (Wildman–Crippen LogP) is 0.775. The highest BCUT2D eigenvalue weighted by Crippen LogP contribution is 2.21. The van der Waals surface area contributed by atoms with E-state index in [4.69, 9.17) is 0 Å². The Balaban J connectivity index is 2.75. The first-order valence-corrected chi connectivity index (χ1v) is 8.43. The van der Waals surface area contributed by atoms with Gasteiger partial charge in [-0.25, -0.2) is 8.42 Å². The number of hydrogen-bond acceptors (Lipinski definition) is 5. The van der Waals surface area contributed by atoms with E-state index in [1.54, 1.807) is 18.7 Å². The quantitative estimate of drug-likeness (QED) is 0.735. The Morgan fingerprint density at radius 2 is 2.12 bits per heavy atom. The highest BCUT2D eigenvalue weighted by atomic mass is 32.2. The topological polar surface area (TPSA) is 54.5 Å². The van der Waals surface area contributed by atoms with Crippen molar-refractivity contribution in [2.45, 2.75) is 25.6 Å². The van der Waals surface area contributed by atoms with Crippen molar-refractivity contribution in [3.05, 3.63) is 0 Å². The summed E-state index contributed by atoms with van der Waals surface area (Å²) in [6.07, 6.45) is 0.475. The van der Waals surface area contributed by atoms with Gasteiger partial charge in [0.05, 0.1) is 6.54 Å². The van der Waals surface area contributed by atoms with Gasteiger partial charge in [0.1, 0.15) is 11.2 Å². The fourth-order valence-electron chi connectivity index (χ4n) is 1.66. The van der Waals surface area contributed by atoms with Crippen molar-refractivity contribution in [3.63, 3.8) is 0 Å². The van der Waals surface area contributed by atoms with Gasteiger partial charge in [0, 0.05) is 30.2 Å². The van der Waals surface area contributed by atoms with Crippen LogP contribution in [-0.2, 0) is 14.6 Å². The van der Waals surface area contributed by atoms with Crippen LogP contribution in [0.2, 0.25) is 0 Å². The number of sulfone groups is 1. The minimum Gasteiger partial charge on any atom is -0.298 e. The largest absolute Gasteiger partial charge is 0.298 e. The summed E-state index contributed by atoms with van der Waals surface area (Å²) in [6.45, 7) is 4.44. The SMILES string of the molecule is CCC(=O)CN1CCSCC1S(=O)(=O)CC. The Labute approximate surface area is 102 Å². The lowest BCUT2D eigenvalue weighted by Gasteiger charge is -2.33. The number of Topliss-reactive ketones (excluding diaryl/α,β-unsaturated/α-hetero) is 1. The highest BCUT2D eigenvalue weighted by Gasteiger charge is 2.33. The first kappa shape index (κ1) is 14.0. The maximum atomic E-state index is 11.9. The summed E-state index contributed by atoms with van der Waals surface area (Å²) >= 11 is 1.65. The number of carbonyl (C=O) groups excluding carboxylic acids is 1. The second-order valence-electron chi connectivity index (χ2n) is 3.84. The number of rotatable bonds is 5. The van der Waals surface area contributed by atoms with E-state index in [9.17, 15) is 13.2 Å². The van der Waals surface area contributed by atoms with E-state index in [0.29, 0.717) is 18.7 Å². The van der Waals surface area contributed by atoms with Crippen LogP contribution in [-0.4, -0.2) is 54.8 Å². The standard InChI is InChI=1S/C10H19NO3S2/c1-3-9(12)7-11-5-6-15-8-10(11)16(13,14)4-2/h10H,3-8H2,1-2H3. The third-order valence-corrected chi connectivity index (χ3v) is 6.11. The fourth-order valence-corrected chi connectivity index (χ4v) is 4.74. The molecular weight excluding hydrogens is 246 g/mol. The molecule has 0 saturated carbocycles. The second kappa shape index (κ2) is 6.02. The summed E-state index contributed by atoms with van der Waals surface area (Å²) in [7, 11) is -3.07. The molecule has 6 heteroatoms. The van der Waals surface area contributed by atoms with Gasteiger partial charge in [-0.3, -0.25) is 9.69 Å². The number of hydrogen-bond donors (Lipinski definition) is 0. The molecule has 1 saturated heterocycles. The van der Waals surface area contributed by atoms with Gasteiger partial charge in [0.25, 0.3) is 0 Å². The lowest BCUT2D eigenvalue weighted by Crippen LogP contribution is -2.49. The molecule has 0 radical (unpaired) electrons. The number of thioether (sulfide) groups is 1. The zero-order valence-corrected chi connectivity index (χ0v) is 11.4. The molecular formula is C10H19NO3S2. The molecule has 0 amide bonds. The first-order valence-electron chi connectivity index (χ1n) is 5.56. The molecule has 0 spiro atoms. The van der Waals surface area contributed by atoms with Crippen LogP contribution in [0.15, 0.2) is 0 Å². The van der Waals surface area contributed by atoms with E-state index in [2.05, 4.69) is 0 Å². The van der Waals surface area contributed by atoms with Gasteiger partial charge in [-0.2, -0.15) is 11.8 Å². The normalized spacial score (nSPS) is 23.2. The monoisotopic (exact) mass is 265 g/mol. The van der Waals surface area contributed by atoms with E-state index in [1.165, 1.54) is 0 Å². The van der Waals surface area contributed by atoms with Gasteiger partial charge in [0.2, 0.25) is 0 Å². The summed E-state index contributed by atoms with van der Waals surface area (Å²) < 4.78 is 23.7. The van der Waals surface area contributed by atoms with Gasteiger partial charge in [-0.15, -0.1) is 0 Å². The van der Waals surface area contributed by atoms with Crippen LogP contribution in [0.4, 0.5) is 0 Å². The molecule has 1 unspecified atom stereocenters. The Bertz CT molecular complexity index is 340. The maximum absolute atomic E-state index is 11.9.